The quantitative estimate of drug-likeness (QED) is 0.650. The molecule has 0 nitrogen and oxygen atoms in total. The molecule has 0 aromatic heterocycles. The van der Waals surface area contributed by atoms with Gasteiger partial charge in [-0.15, -0.1) is 0 Å². The molecule has 16 heavy (non-hydrogen) atoms. The van der Waals surface area contributed by atoms with Gasteiger partial charge in [0.2, 0.25) is 0 Å². The van der Waals surface area contributed by atoms with E-state index in [2.05, 4.69) is 0 Å². The Morgan fingerprint density at radius 2 is 1.12 bits per heavy atom. The van der Waals surface area contributed by atoms with Crippen LogP contribution in [0, 0.1) is 6.67 Å². The molecule has 0 spiro atoms. The van der Waals surface area contributed by atoms with Crippen molar-refractivity contribution in [3.63, 3.8) is 0 Å². The third-order valence-electron chi connectivity index (χ3n) is 1.74. The molecule has 1 aromatic carbocycles. The van der Waals surface area contributed by atoms with E-state index in [4.69, 9.17) is 0 Å². The number of hydrogen-bond acceptors (Lipinski definition) is 0. The average molecular weight is 245 g/mol. The molecule has 0 fully saturated rings. The van der Waals surface area contributed by atoms with Gasteiger partial charge in [0.1, 0.15) is 0 Å². The Bertz CT molecular complexity index is 342. The van der Waals surface area contributed by atoms with E-state index in [0.29, 0.717) is 12.1 Å². The molecule has 0 N–H and O–H groups in total. The molecule has 89 valence electrons. The van der Waals surface area contributed by atoms with Gasteiger partial charge in [0.25, 0.3) is 0 Å². The zero-order valence-corrected chi connectivity index (χ0v) is 7.46. The number of halogens is 7. The molecule has 0 atom stereocenters. The van der Waals surface area contributed by atoms with Crippen LogP contribution in [0.1, 0.15) is 16.7 Å². The summed E-state index contributed by atoms with van der Waals surface area (Å²) < 4.78 is 85.0. The van der Waals surface area contributed by atoms with Crippen LogP contribution in [0.3, 0.4) is 0 Å². The minimum atomic E-state index is -4.95. The lowest BCUT2D eigenvalue weighted by atomic mass is 10.1. The second kappa shape index (κ2) is 3.95. The normalized spacial score (nSPS) is 12.9. The predicted molar refractivity (Wildman–Crippen MR) is 41.0 cm³/mol. The number of rotatable bonds is 1. The zero-order chi connectivity index (χ0) is 12.6. The van der Waals surface area contributed by atoms with Crippen LogP contribution in [0.4, 0.5) is 30.7 Å². The van der Waals surface area contributed by atoms with Crippen molar-refractivity contribution in [2.45, 2.75) is 12.4 Å². The van der Waals surface area contributed by atoms with Crippen LogP contribution in [-0.4, -0.2) is 0 Å². The van der Waals surface area contributed by atoms with Gasteiger partial charge in [0, 0.05) is 0 Å². The molecule has 0 saturated carbocycles. The van der Waals surface area contributed by atoms with Crippen LogP contribution in [0.25, 0.3) is 0 Å². The fourth-order valence-electron chi connectivity index (χ4n) is 1.04. The Morgan fingerprint density at radius 1 is 0.750 bits per heavy atom. The van der Waals surface area contributed by atoms with Crippen LogP contribution >= 0.6 is 0 Å². The number of hydrogen-bond donors (Lipinski definition) is 0. The maximum atomic E-state index is 12.2. The van der Waals surface area contributed by atoms with E-state index in [1.807, 2.05) is 0 Å². The maximum Gasteiger partial charge on any atom is 0.416 e. The molecule has 0 heterocycles. The Kier molecular flexibility index (Phi) is 3.16. The summed E-state index contributed by atoms with van der Waals surface area (Å²) in [6.07, 6.45) is -9.89. The molecular formula is C9H4F7. The summed E-state index contributed by atoms with van der Waals surface area (Å²) in [5, 5.41) is 0. The fourth-order valence-corrected chi connectivity index (χ4v) is 1.04. The Morgan fingerprint density at radius 3 is 1.38 bits per heavy atom. The van der Waals surface area contributed by atoms with Gasteiger partial charge >= 0.3 is 12.4 Å². The van der Waals surface area contributed by atoms with Crippen molar-refractivity contribution in [3.05, 3.63) is 41.6 Å². The van der Waals surface area contributed by atoms with Crippen molar-refractivity contribution in [1.82, 2.24) is 0 Å². The van der Waals surface area contributed by atoms with E-state index in [1.165, 1.54) is 0 Å². The lowest BCUT2D eigenvalue weighted by molar-refractivity contribution is -0.143. The lowest BCUT2D eigenvalue weighted by Gasteiger charge is -2.12. The van der Waals surface area contributed by atoms with Gasteiger partial charge in [-0.05, 0) is 23.8 Å². The molecule has 0 bridgehead atoms. The molecule has 7 heteroatoms. The molecule has 1 rings (SSSR count). The second-order valence-electron chi connectivity index (χ2n) is 2.95. The highest BCUT2D eigenvalue weighted by molar-refractivity contribution is 5.35. The van der Waals surface area contributed by atoms with Crippen molar-refractivity contribution < 1.29 is 30.7 Å². The largest absolute Gasteiger partial charge is 0.416 e. The first-order chi connectivity index (χ1) is 7.14. The van der Waals surface area contributed by atoms with E-state index < -0.39 is 29.0 Å². The first-order valence-corrected chi connectivity index (χ1v) is 3.87. The van der Waals surface area contributed by atoms with Crippen molar-refractivity contribution in [2.75, 3.05) is 0 Å². The van der Waals surface area contributed by atoms with Crippen molar-refractivity contribution >= 4 is 0 Å². The molecule has 0 aliphatic carbocycles. The van der Waals surface area contributed by atoms with Gasteiger partial charge in [-0.25, -0.2) is 4.39 Å². The summed E-state index contributed by atoms with van der Waals surface area (Å²) in [7, 11) is 0. The van der Waals surface area contributed by atoms with Crippen LogP contribution in [-0.2, 0) is 12.4 Å². The highest BCUT2D eigenvalue weighted by atomic mass is 19.4. The first-order valence-electron chi connectivity index (χ1n) is 3.87. The van der Waals surface area contributed by atoms with E-state index in [0.717, 1.165) is 0 Å². The maximum absolute atomic E-state index is 12.2. The van der Waals surface area contributed by atoms with Crippen molar-refractivity contribution in [3.8, 4) is 0 Å². The SMILES string of the molecule is F[CH]c1cc(C(F)(F)F)cc(C(F)(F)F)c1. The molecule has 0 saturated heterocycles. The summed E-state index contributed by atoms with van der Waals surface area (Å²) in [4.78, 5) is 0. The van der Waals surface area contributed by atoms with Crippen molar-refractivity contribution in [1.29, 1.82) is 0 Å². The van der Waals surface area contributed by atoms with Crippen LogP contribution in [0.5, 0.6) is 0 Å². The standard InChI is InChI=1S/C9H4F7/c10-4-5-1-6(8(11,12)13)3-7(2-5)9(14,15)16/h1-4H. The van der Waals surface area contributed by atoms with Gasteiger partial charge in [-0.3, -0.25) is 0 Å². The van der Waals surface area contributed by atoms with Gasteiger partial charge in [0.15, 0.2) is 6.67 Å². The smallest absolute Gasteiger partial charge is 0.239 e. The molecular weight excluding hydrogens is 241 g/mol. The zero-order valence-electron chi connectivity index (χ0n) is 7.46. The summed E-state index contributed by atoms with van der Waals surface area (Å²) in [6, 6.07) is 0.539. The summed E-state index contributed by atoms with van der Waals surface area (Å²) in [5.74, 6) is 0. The van der Waals surface area contributed by atoms with Gasteiger partial charge < -0.3 is 0 Å². The highest BCUT2D eigenvalue weighted by Crippen LogP contribution is 2.36. The molecule has 0 amide bonds. The van der Waals surface area contributed by atoms with Crippen molar-refractivity contribution in [2.24, 2.45) is 0 Å². The summed E-state index contributed by atoms with van der Waals surface area (Å²) >= 11 is 0. The molecule has 1 radical (unpaired) electrons. The number of alkyl halides is 6. The third kappa shape index (κ3) is 2.86. The van der Waals surface area contributed by atoms with Gasteiger partial charge in [0.05, 0.1) is 11.1 Å². The minimum Gasteiger partial charge on any atom is -0.239 e. The predicted octanol–water partition coefficient (Wildman–Crippen LogP) is 4.20. The Balaban J connectivity index is 3.33. The monoisotopic (exact) mass is 245 g/mol. The van der Waals surface area contributed by atoms with Crippen LogP contribution in [0.2, 0.25) is 0 Å². The number of benzene rings is 1. The second-order valence-corrected chi connectivity index (χ2v) is 2.95. The minimum absolute atomic E-state index is 0.0625. The summed E-state index contributed by atoms with van der Waals surface area (Å²) in [5.41, 5.74) is -3.85. The van der Waals surface area contributed by atoms with E-state index in [1.54, 1.807) is 0 Å². The molecule has 0 unspecified atom stereocenters. The Labute approximate surface area is 85.7 Å². The highest BCUT2D eigenvalue weighted by Gasteiger charge is 2.36. The van der Waals surface area contributed by atoms with E-state index in [9.17, 15) is 30.7 Å². The lowest BCUT2D eigenvalue weighted by Crippen LogP contribution is -2.11. The van der Waals surface area contributed by atoms with Gasteiger partial charge in [-0.1, -0.05) is 0 Å². The fraction of sp³-hybridized carbons (Fsp3) is 0.222. The molecule has 0 aliphatic heterocycles. The van der Waals surface area contributed by atoms with Crippen LogP contribution < -0.4 is 0 Å². The topological polar surface area (TPSA) is 0 Å². The third-order valence-corrected chi connectivity index (χ3v) is 1.74. The van der Waals surface area contributed by atoms with E-state index >= 15 is 0 Å². The Hall–Kier alpha value is -1.27. The first kappa shape index (κ1) is 12.8. The molecule has 1 aromatic rings. The van der Waals surface area contributed by atoms with Gasteiger partial charge in [-0.2, -0.15) is 26.3 Å². The average Bonchev–Trinajstić information content (AvgIpc) is 2.14. The van der Waals surface area contributed by atoms with Crippen LogP contribution in [0.15, 0.2) is 18.2 Å². The molecule has 0 aliphatic rings. The van der Waals surface area contributed by atoms with E-state index in [-0.39, 0.29) is 12.7 Å². The summed E-state index contributed by atoms with van der Waals surface area (Å²) in [6.45, 7) is -0.315.